The number of carbonyl (C=O) groups excluding carboxylic acids is 1. The molecule has 0 saturated carbocycles. The lowest BCUT2D eigenvalue weighted by Gasteiger charge is -2.25. The van der Waals surface area contributed by atoms with Gasteiger partial charge in [0.25, 0.3) is 0 Å². The van der Waals surface area contributed by atoms with Crippen LogP contribution in [0.1, 0.15) is 29.9 Å². The minimum atomic E-state index is 0.110. The van der Waals surface area contributed by atoms with Crippen molar-refractivity contribution in [3.05, 3.63) is 63.8 Å². The fraction of sp³-hybridized carbons (Fsp3) is 0.333. The number of hydrogen-bond donors (Lipinski definition) is 0. The molecule has 6 heteroatoms. The van der Waals surface area contributed by atoms with Crippen molar-refractivity contribution in [1.29, 1.82) is 0 Å². The zero-order chi connectivity index (χ0) is 18.8. The Morgan fingerprint density at radius 1 is 1.33 bits per heavy atom. The second kappa shape index (κ2) is 7.87. The molecule has 4 nitrogen and oxygen atoms in total. The molecule has 1 aliphatic heterocycles. The minimum Gasteiger partial charge on any atom is -0.440 e. The maximum Gasteiger partial charge on any atom is 0.236 e. The van der Waals surface area contributed by atoms with Crippen LogP contribution in [0.4, 0.5) is 0 Å². The molecule has 1 aliphatic rings. The summed E-state index contributed by atoms with van der Waals surface area (Å²) >= 11 is 7.89. The van der Waals surface area contributed by atoms with Crippen molar-refractivity contribution in [3.8, 4) is 10.8 Å². The number of aryl methyl sites for hydroxylation is 1. The Morgan fingerprint density at radius 3 is 2.96 bits per heavy atom. The third-order valence-corrected chi connectivity index (χ3v) is 6.28. The minimum absolute atomic E-state index is 0.110. The topological polar surface area (TPSA) is 46.3 Å². The van der Waals surface area contributed by atoms with Gasteiger partial charge in [-0.2, -0.15) is 0 Å². The highest BCUT2D eigenvalue weighted by Gasteiger charge is 2.30. The van der Waals surface area contributed by atoms with E-state index in [4.69, 9.17) is 16.0 Å². The molecule has 0 N–H and O–H groups in total. The van der Waals surface area contributed by atoms with Crippen molar-refractivity contribution in [2.45, 2.75) is 38.6 Å². The molecule has 0 aliphatic carbocycles. The fourth-order valence-electron chi connectivity index (χ4n) is 3.64. The summed E-state index contributed by atoms with van der Waals surface area (Å²) in [4.78, 5) is 20.5. The summed E-state index contributed by atoms with van der Waals surface area (Å²) < 4.78 is 5.77. The number of oxazole rings is 1. The van der Waals surface area contributed by atoms with Gasteiger partial charge >= 0.3 is 0 Å². The van der Waals surface area contributed by atoms with E-state index in [9.17, 15) is 4.79 Å². The molecule has 1 atom stereocenters. The summed E-state index contributed by atoms with van der Waals surface area (Å²) in [7, 11) is 0. The van der Waals surface area contributed by atoms with Gasteiger partial charge in [-0.05, 0) is 49.3 Å². The first-order valence-corrected chi connectivity index (χ1v) is 10.4. The van der Waals surface area contributed by atoms with Crippen molar-refractivity contribution in [3.63, 3.8) is 0 Å². The van der Waals surface area contributed by atoms with Gasteiger partial charge in [-0.3, -0.25) is 4.79 Å². The molecule has 1 aromatic carbocycles. The van der Waals surface area contributed by atoms with Gasteiger partial charge < -0.3 is 9.32 Å². The first kappa shape index (κ1) is 18.3. The molecular weight excluding hydrogens is 380 g/mol. The first-order chi connectivity index (χ1) is 13.1. The molecule has 2 aromatic heterocycles. The van der Waals surface area contributed by atoms with E-state index in [0.717, 1.165) is 47.0 Å². The Kier molecular flexibility index (Phi) is 5.32. The summed E-state index contributed by atoms with van der Waals surface area (Å²) in [6.07, 6.45) is 3.11. The molecule has 3 aromatic rings. The quantitative estimate of drug-likeness (QED) is 0.595. The number of hydrogen-bond acceptors (Lipinski definition) is 4. The lowest BCUT2D eigenvalue weighted by atomic mass is 10.0. The van der Waals surface area contributed by atoms with E-state index in [1.54, 1.807) is 11.3 Å². The molecule has 1 saturated heterocycles. The van der Waals surface area contributed by atoms with Crippen LogP contribution in [0.5, 0.6) is 0 Å². The average Bonchev–Trinajstić information content (AvgIpc) is 3.39. The number of nitrogens with zero attached hydrogens (tertiary/aromatic N) is 2. The molecule has 0 unspecified atom stereocenters. The standard InChI is InChI=1S/C21H21ClN2O2S/c1-14-18(23-21(26-14)19-9-5-11-27-19)13-20(25)24-10-4-7-16(24)12-15-6-2-3-8-17(15)22/h2-3,5-6,8-9,11,16H,4,7,10,12-13H2,1H3/t16-/m0/s1. The van der Waals surface area contributed by atoms with E-state index in [0.29, 0.717) is 11.7 Å². The van der Waals surface area contributed by atoms with Gasteiger partial charge in [0.15, 0.2) is 0 Å². The van der Waals surface area contributed by atoms with Gasteiger partial charge in [0.2, 0.25) is 11.8 Å². The van der Waals surface area contributed by atoms with Crippen molar-refractivity contribution < 1.29 is 9.21 Å². The zero-order valence-electron chi connectivity index (χ0n) is 15.2. The van der Waals surface area contributed by atoms with E-state index in [1.165, 1.54) is 0 Å². The predicted octanol–water partition coefficient (Wildman–Crippen LogP) is 5.14. The van der Waals surface area contributed by atoms with Crippen LogP contribution in [0.2, 0.25) is 5.02 Å². The predicted molar refractivity (Wildman–Crippen MR) is 108 cm³/mol. The second-order valence-corrected chi connectivity index (χ2v) is 8.21. The third-order valence-electron chi connectivity index (χ3n) is 5.05. The van der Waals surface area contributed by atoms with E-state index >= 15 is 0 Å². The van der Waals surface area contributed by atoms with Gasteiger partial charge in [-0.15, -0.1) is 11.3 Å². The molecule has 1 amide bonds. The van der Waals surface area contributed by atoms with Crippen LogP contribution in [0.25, 0.3) is 10.8 Å². The average molecular weight is 401 g/mol. The van der Waals surface area contributed by atoms with Gasteiger partial charge in [0, 0.05) is 17.6 Å². The van der Waals surface area contributed by atoms with E-state index in [2.05, 4.69) is 4.98 Å². The number of rotatable bonds is 5. The van der Waals surface area contributed by atoms with Crippen LogP contribution >= 0.6 is 22.9 Å². The monoisotopic (exact) mass is 400 g/mol. The largest absolute Gasteiger partial charge is 0.440 e. The molecular formula is C21H21ClN2O2S. The lowest BCUT2D eigenvalue weighted by Crippen LogP contribution is -2.38. The maximum absolute atomic E-state index is 13.0. The number of likely N-dealkylation sites (tertiary alicyclic amines) is 1. The lowest BCUT2D eigenvalue weighted by molar-refractivity contribution is -0.131. The van der Waals surface area contributed by atoms with Crippen molar-refractivity contribution in [1.82, 2.24) is 9.88 Å². The number of aromatic nitrogens is 1. The van der Waals surface area contributed by atoms with Gasteiger partial charge in [-0.1, -0.05) is 35.9 Å². The normalized spacial score (nSPS) is 16.8. The van der Waals surface area contributed by atoms with Crippen LogP contribution in [0.3, 0.4) is 0 Å². The highest BCUT2D eigenvalue weighted by molar-refractivity contribution is 7.13. The fourth-order valence-corrected chi connectivity index (χ4v) is 4.50. The number of carbonyl (C=O) groups is 1. The zero-order valence-corrected chi connectivity index (χ0v) is 16.7. The second-order valence-electron chi connectivity index (χ2n) is 6.85. The summed E-state index contributed by atoms with van der Waals surface area (Å²) in [6, 6.07) is 12.0. The summed E-state index contributed by atoms with van der Waals surface area (Å²) in [5.74, 6) is 1.42. The Labute approximate surface area is 167 Å². The summed E-state index contributed by atoms with van der Waals surface area (Å²) in [6.45, 7) is 2.67. The molecule has 3 heterocycles. The van der Waals surface area contributed by atoms with Crippen LogP contribution in [0.15, 0.2) is 46.2 Å². The Bertz CT molecular complexity index is 936. The van der Waals surface area contributed by atoms with Gasteiger partial charge in [0.1, 0.15) is 5.76 Å². The number of halogens is 1. The molecule has 4 rings (SSSR count). The van der Waals surface area contributed by atoms with E-state index < -0.39 is 0 Å². The van der Waals surface area contributed by atoms with Crippen LogP contribution in [-0.4, -0.2) is 28.4 Å². The summed E-state index contributed by atoms with van der Waals surface area (Å²) in [5, 5.41) is 2.76. The molecule has 0 radical (unpaired) electrons. The Hall–Kier alpha value is -2.11. The number of thiophene rings is 1. The maximum atomic E-state index is 13.0. The van der Waals surface area contributed by atoms with Gasteiger partial charge in [-0.25, -0.2) is 4.98 Å². The van der Waals surface area contributed by atoms with Crippen LogP contribution < -0.4 is 0 Å². The smallest absolute Gasteiger partial charge is 0.236 e. The highest BCUT2D eigenvalue weighted by atomic mass is 35.5. The van der Waals surface area contributed by atoms with Crippen LogP contribution in [-0.2, 0) is 17.6 Å². The highest BCUT2D eigenvalue weighted by Crippen LogP contribution is 2.28. The number of benzene rings is 1. The first-order valence-electron chi connectivity index (χ1n) is 9.15. The Morgan fingerprint density at radius 2 is 2.19 bits per heavy atom. The van der Waals surface area contributed by atoms with Crippen molar-refractivity contribution in [2.75, 3.05) is 6.54 Å². The van der Waals surface area contributed by atoms with Gasteiger partial charge in [0.05, 0.1) is 17.0 Å². The molecule has 140 valence electrons. The molecule has 0 spiro atoms. The summed E-state index contributed by atoms with van der Waals surface area (Å²) in [5.41, 5.74) is 1.83. The molecule has 1 fully saturated rings. The van der Waals surface area contributed by atoms with E-state index in [1.807, 2.05) is 53.6 Å². The van der Waals surface area contributed by atoms with Crippen molar-refractivity contribution in [2.24, 2.45) is 0 Å². The van der Waals surface area contributed by atoms with E-state index in [-0.39, 0.29) is 18.4 Å². The van der Waals surface area contributed by atoms with Crippen molar-refractivity contribution >= 4 is 28.8 Å². The SMILES string of the molecule is Cc1oc(-c2cccs2)nc1CC(=O)N1CCC[C@H]1Cc1ccccc1Cl. The number of amides is 1. The molecule has 27 heavy (non-hydrogen) atoms. The molecule has 0 bridgehead atoms. The van der Waals surface area contributed by atoms with Crippen LogP contribution in [0, 0.1) is 6.92 Å². The Balaban J connectivity index is 1.47. The third kappa shape index (κ3) is 3.94.